The van der Waals surface area contributed by atoms with Gasteiger partial charge in [-0.3, -0.25) is 0 Å². The molecule has 0 fully saturated rings. The number of hydrogen-bond donors (Lipinski definition) is 0. The second-order valence-corrected chi connectivity index (χ2v) is 14.2. The molecule has 0 saturated heterocycles. The molecule has 1 nitrogen and oxygen atoms in total. The molecule has 0 heterocycles. The average Bonchev–Trinajstić information content (AvgIpc) is 1.62. The average molecular weight is 189 g/mol. The maximum absolute atomic E-state index is 11.2. The van der Waals surface area contributed by atoms with Crippen LogP contribution in [0.2, 0.25) is 17.3 Å². The Morgan fingerprint density at radius 2 is 1.56 bits per heavy atom. The number of carbonyl (C=O) groups is 1. The van der Waals surface area contributed by atoms with Crippen LogP contribution in [0.3, 0.4) is 0 Å². The molecule has 0 aliphatic heterocycles. The molecular formula is C7H16GeO. The Morgan fingerprint density at radius 3 is 1.56 bits per heavy atom. The molecule has 0 aromatic heterocycles. The maximum atomic E-state index is 11.2. The van der Waals surface area contributed by atoms with E-state index < -0.39 is 13.3 Å². The first-order valence-electron chi connectivity index (χ1n) is 3.40. The van der Waals surface area contributed by atoms with Crippen LogP contribution in [-0.2, 0) is 4.79 Å². The van der Waals surface area contributed by atoms with Gasteiger partial charge in [0.15, 0.2) is 0 Å². The second-order valence-electron chi connectivity index (χ2n) is 3.77. The van der Waals surface area contributed by atoms with Crippen LogP contribution in [0.1, 0.15) is 13.8 Å². The molecule has 0 radical (unpaired) electrons. The minimum atomic E-state index is -1.92. The van der Waals surface area contributed by atoms with Gasteiger partial charge in [-0.2, -0.15) is 0 Å². The van der Waals surface area contributed by atoms with E-state index >= 15 is 0 Å². The fraction of sp³-hybridized carbons (Fsp3) is 0.857. The summed E-state index contributed by atoms with van der Waals surface area (Å²) in [7, 11) is 0. The van der Waals surface area contributed by atoms with Crippen LogP contribution in [0.4, 0.5) is 0 Å². The van der Waals surface area contributed by atoms with Gasteiger partial charge in [0, 0.05) is 0 Å². The molecule has 0 aliphatic rings. The van der Waals surface area contributed by atoms with E-state index in [9.17, 15) is 4.79 Å². The van der Waals surface area contributed by atoms with E-state index in [-0.39, 0.29) is 5.92 Å². The van der Waals surface area contributed by atoms with Crippen molar-refractivity contribution in [2.75, 3.05) is 0 Å². The first-order valence-corrected chi connectivity index (χ1v) is 10.7. The summed E-state index contributed by atoms with van der Waals surface area (Å²) < 4.78 is 0.523. The van der Waals surface area contributed by atoms with Crippen molar-refractivity contribution in [3.05, 3.63) is 0 Å². The van der Waals surface area contributed by atoms with E-state index in [0.717, 1.165) is 0 Å². The molecule has 0 aliphatic carbocycles. The van der Waals surface area contributed by atoms with Crippen LogP contribution in [0.25, 0.3) is 0 Å². The Labute approximate surface area is 60.2 Å². The SMILES string of the molecule is CC(C)[C](=O)[Ge]([CH3])([CH3])[CH3]. The van der Waals surface area contributed by atoms with Crippen molar-refractivity contribution in [3.8, 4) is 0 Å². The summed E-state index contributed by atoms with van der Waals surface area (Å²) in [5, 5.41) is 0. The van der Waals surface area contributed by atoms with Crippen molar-refractivity contribution in [2.45, 2.75) is 31.1 Å². The van der Waals surface area contributed by atoms with Gasteiger partial charge in [0.1, 0.15) is 0 Å². The van der Waals surface area contributed by atoms with Crippen LogP contribution < -0.4 is 0 Å². The molecule has 54 valence electrons. The summed E-state index contributed by atoms with van der Waals surface area (Å²) in [5.74, 6) is 6.68. The van der Waals surface area contributed by atoms with Crippen LogP contribution in [0.5, 0.6) is 0 Å². The molecule has 0 atom stereocenters. The third-order valence-corrected chi connectivity index (χ3v) is 5.58. The summed E-state index contributed by atoms with van der Waals surface area (Å²) >= 11 is -1.92. The van der Waals surface area contributed by atoms with Crippen LogP contribution >= 0.6 is 0 Å². The van der Waals surface area contributed by atoms with Gasteiger partial charge < -0.3 is 0 Å². The topological polar surface area (TPSA) is 17.1 Å². The molecule has 0 bridgehead atoms. The van der Waals surface area contributed by atoms with E-state index in [0.29, 0.717) is 4.62 Å². The molecule has 0 aromatic carbocycles. The number of carbonyl (C=O) groups excluding carboxylic acids is 1. The van der Waals surface area contributed by atoms with E-state index in [1.165, 1.54) is 0 Å². The Kier molecular flexibility index (Phi) is 2.93. The van der Waals surface area contributed by atoms with Crippen LogP contribution in [0, 0.1) is 5.92 Å². The first-order chi connectivity index (χ1) is 3.85. The van der Waals surface area contributed by atoms with Crippen molar-refractivity contribution < 1.29 is 4.79 Å². The van der Waals surface area contributed by atoms with Crippen LogP contribution in [0.15, 0.2) is 0 Å². The monoisotopic (exact) mass is 190 g/mol. The van der Waals surface area contributed by atoms with Gasteiger partial charge in [-0.1, -0.05) is 0 Å². The van der Waals surface area contributed by atoms with Gasteiger partial charge in [0.2, 0.25) is 0 Å². The Balaban J connectivity index is 4.06. The zero-order valence-electron chi connectivity index (χ0n) is 6.99. The minimum absolute atomic E-state index is 0.255. The van der Waals surface area contributed by atoms with Gasteiger partial charge in [-0.15, -0.1) is 0 Å². The van der Waals surface area contributed by atoms with Gasteiger partial charge in [-0.25, -0.2) is 0 Å². The van der Waals surface area contributed by atoms with Crippen molar-refractivity contribution in [2.24, 2.45) is 5.92 Å². The third-order valence-electron chi connectivity index (χ3n) is 1.26. The molecule has 0 spiro atoms. The first kappa shape index (κ1) is 9.21. The zero-order valence-corrected chi connectivity index (χ0v) is 9.08. The summed E-state index contributed by atoms with van der Waals surface area (Å²) in [5.41, 5.74) is 0. The molecule has 9 heavy (non-hydrogen) atoms. The number of rotatable bonds is 2. The third kappa shape index (κ3) is 3.04. The quantitative estimate of drug-likeness (QED) is 0.607. The summed E-state index contributed by atoms with van der Waals surface area (Å²) in [6, 6.07) is 0. The van der Waals surface area contributed by atoms with E-state index in [4.69, 9.17) is 0 Å². The summed E-state index contributed by atoms with van der Waals surface area (Å²) in [4.78, 5) is 11.2. The summed E-state index contributed by atoms with van der Waals surface area (Å²) in [6.45, 7) is 3.97. The molecule has 0 N–H and O–H groups in total. The van der Waals surface area contributed by atoms with E-state index in [1.54, 1.807) is 0 Å². The van der Waals surface area contributed by atoms with Crippen molar-refractivity contribution >= 4 is 17.9 Å². The zero-order chi connectivity index (χ0) is 7.65. The van der Waals surface area contributed by atoms with Gasteiger partial charge in [0.25, 0.3) is 0 Å². The molecule has 0 rings (SSSR count). The van der Waals surface area contributed by atoms with Gasteiger partial charge in [0.05, 0.1) is 0 Å². The van der Waals surface area contributed by atoms with Gasteiger partial charge in [-0.05, 0) is 0 Å². The normalized spacial score (nSPS) is 12.2. The predicted molar refractivity (Wildman–Crippen MR) is 43.2 cm³/mol. The molecular weight excluding hydrogens is 173 g/mol. The van der Waals surface area contributed by atoms with Gasteiger partial charge >= 0.3 is 59.7 Å². The molecule has 0 unspecified atom stereocenters. The molecule has 0 aromatic rings. The second kappa shape index (κ2) is 2.86. The summed E-state index contributed by atoms with van der Waals surface area (Å²) in [6.07, 6.45) is 0. The standard InChI is InChI=1S/C7H16GeO/c1-6(2)7(9)8(3,4)5/h6H,1-5H3. The van der Waals surface area contributed by atoms with Crippen molar-refractivity contribution in [3.63, 3.8) is 0 Å². The molecule has 0 amide bonds. The molecule has 0 saturated carbocycles. The van der Waals surface area contributed by atoms with E-state index in [1.807, 2.05) is 13.8 Å². The number of hydrogen-bond acceptors (Lipinski definition) is 1. The van der Waals surface area contributed by atoms with Crippen molar-refractivity contribution in [1.29, 1.82) is 0 Å². The predicted octanol–water partition coefficient (Wildman–Crippen LogP) is 2.09. The van der Waals surface area contributed by atoms with Crippen LogP contribution in [-0.4, -0.2) is 17.9 Å². The van der Waals surface area contributed by atoms with E-state index in [2.05, 4.69) is 17.3 Å². The molecule has 2 heteroatoms. The fourth-order valence-corrected chi connectivity index (χ4v) is 4.50. The van der Waals surface area contributed by atoms with Crippen molar-refractivity contribution in [1.82, 2.24) is 0 Å². The Bertz CT molecular complexity index is 111. The Hall–Kier alpha value is 0.213. The fourth-order valence-electron chi connectivity index (χ4n) is 0.866. The Morgan fingerprint density at radius 1 is 1.22 bits per heavy atom.